The molecule has 162 valence electrons. The van der Waals surface area contributed by atoms with Crippen molar-refractivity contribution in [2.24, 2.45) is 0 Å². The fourth-order valence-corrected chi connectivity index (χ4v) is 3.75. The van der Waals surface area contributed by atoms with Crippen LogP contribution in [-0.4, -0.2) is 52.0 Å². The van der Waals surface area contributed by atoms with Crippen LogP contribution in [0.1, 0.15) is 35.0 Å². The zero-order chi connectivity index (χ0) is 22.0. The van der Waals surface area contributed by atoms with Gasteiger partial charge in [0.2, 0.25) is 0 Å². The van der Waals surface area contributed by atoms with Crippen LogP contribution in [0.3, 0.4) is 0 Å². The molecule has 2 N–H and O–H groups in total. The van der Waals surface area contributed by atoms with E-state index < -0.39 is 11.9 Å². The molecular weight excluding hydrogens is 401 g/mol. The topological polar surface area (TPSA) is 100 Å². The minimum Gasteiger partial charge on any atom is -0.484 e. The molecule has 1 atom stereocenters. The average molecular weight is 425 g/mol. The summed E-state index contributed by atoms with van der Waals surface area (Å²) in [5.74, 6) is -1.21. The first-order valence-corrected chi connectivity index (χ1v) is 10.2. The number of nitrogens with zero attached hydrogens (tertiary/aromatic N) is 3. The third-order valence-corrected chi connectivity index (χ3v) is 5.41. The lowest BCUT2D eigenvalue weighted by atomic mass is 10.1. The Hall–Kier alpha value is -3.33. The summed E-state index contributed by atoms with van der Waals surface area (Å²) in [5.41, 5.74) is 3.12. The third-order valence-electron chi connectivity index (χ3n) is 5.41. The summed E-state index contributed by atoms with van der Waals surface area (Å²) < 4.78 is 20.0. The van der Waals surface area contributed by atoms with Gasteiger partial charge in [-0.05, 0) is 42.7 Å². The van der Waals surface area contributed by atoms with E-state index in [9.17, 15) is 14.0 Å². The summed E-state index contributed by atoms with van der Waals surface area (Å²) in [7, 11) is 1.46. The predicted octanol–water partition coefficient (Wildman–Crippen LogP) is 2.03. The first kappa shape index (κ1) is 20.9. The van der Waals surface area contributed by atoms with Crippen molar-refractivity contribution in [1.82, 2.24) is 25.2 Å². The van der Waals surface area contributed by atoms with Crippen molar-refractivity contribution in [3.05, 3.63) is 63.6 Å². The second-order valence-corrected chi connectivity index (χ2v) is 7.58. The van der Waals surface area contributed by atoms with Crippen molar-refractivity contribution in [2.75, 3.05) is 20.1 Å². The third kappa shape index (κ3) is 4.56. The summed E-state index contributed by atoms with van der Waals surface area (Å²) in [4.78, 5) is 36.9. The van der Waals surface area contributed by atoms with Crippen LogP contribution in [0.15, 0.2) is 35.3 Å². The fourth-order valence-electron chi connectivity index (χ4n) is 3.75. The normalized spacial score (nSPS) is 16.5. The summed E-state index contributed by atoms with van der Waals surface area (Å²) in [6, 6.07) is 6.65. The molecule has 4 heterocycles. The van der Waals surface area contributed by atoms with Gasteiger partial charge in [-0.3, -0.25) is 19.5 Å². The van der Waals surface area contributed by atoms with E-state index in [2.05, 4.69) is 25.2 Å². The molecule has 31 heavy (non-hydrogen) atoms. The van der Waals surface area contributed by atoms with Crippen LogP contribution < -0.4 is 15.6 Å². The number of fused-ring (bicyclic) bond motifs is 1. The summed E-state index contributed by atoms with van der Waals surface area (Å²) in [6.07, 6.45) is 3.04. The molecule has 1 saturated heterocycles. The summed E-state index contributed by atoms with van der Waals surface area (Å²) in [5, 5.41) is 2.41. The zero-order valence-electron chi connectivity index (χ0n) is 17.4. The van der Waals surface area contributed by atoms with E-state index in [1.54, 1.807) is 0 Å². The van der Waals surface area contributed by atoms with Crippen molar-refractivity contribution >= 4 is 16.9 Å². The van der Waals surface area contributed by atoms with E-state index in [1.807, 2.05) is 25.3 Å². The monoisotopic (exact) mass is 425 g/mol. The van der Waals surface area contributed by atoms with Gasteiger partial charge in [0.05, 0.1) is 11.0 Å². The summed E-state index contributed by atoms with van der Waals surface area (Å²) in [6.45, 7) is 4.00. The molecule has 4 rings (SSSR count). The second-order valence-electron chi connectivity index (χ2n) is 7.58. The molecule has 1 aliphatic heterocycles. The number of nitrogens with one attached hydrogen (secondary N) is 2. The number of aromatic amines is 1. The van der Waals surface area contributed by atoms with E-state index >= 15 is 0 Å². The Morgan fingerprint density at radius 3 is 2.97 bits per heavy atom. The van der Waals surface area contributed by atoms with Gasteiger partial charge in [-0.25, -0.2) is 4.98 Å². The van der Waals surface area contributed by atoms with Gasteiger partial charge in [-0.1, -0.05) is 6.92 Å². The largest absolute Gasteiger partial charge is 0.484 e. The van der Waals surface area contributed by atoms with Gasteiger partial charge in [-0.15, -0.1) is 0 Å². The highest BCUT2D eigenvalue weighted by Crippen LogP contribution is 2.22. The number of likely N-dealkylation sites (tertiary alicyclic amines) is 1. The first-order valence-electron chi connectivity index (χ1n) is 10.2. The number of ether oxygens (including phenoxy) is 1. The van der Waals surface area contributed by atoms with Crippen LogP contribution in [0, 0.1) is 5.95 Å². The minimum atomic E-state index is -0.798. The number of carbonyl (C=O) groups is 1. The Morgan fingerprint density at radius 2 is 2.23 bits per heavy atom. The number of aromatic nitrogens is 3. The summed E-state index contributed by atoms with van der Waals surface area (Å²) >= 11 is 0. The van der Waals surface area contributed by atoms with E-state index in [4.69, 9.17) is 4.74 Å². The number of pyridine rings is 3. The Labute approximate surface area is 178 Å². The van der Waals surface area contributed by atoms with Crippen LogP contribution >= 0.6 is 0 Å². The smallest absolute Gasteiger partial charge is 0.269 e. The predicted molar refractivity (Wildman–Crippen MR) is 114 cm³/mol. The molecule has 9 heteroatoms. The lowest BCUT2D eigenvalue weighted by Gasteiger charge is -2.17. The molecule has 1 amide bonds. The number of rotatable bonds is 6. The highest BCUT2D eigenvalue weighted by Gasteiger charge is 2.25. The van der Waals surface area contributed by atoms with Crippen LogP contribution in [0.25, 0.3) is 11.0 Å². The molecule has 0 radical (unpaired) electrons. The fraction of sp³-hybridized carbons (Fsp3) is 0.364. The van der Waals surface area contributed by atoms with Gasteiger partial charge in [0.15, 0.2) is 5.75 Å². The lowest BCUT2D eigenvalue weighted by Crippen LogP contribution is -2.25. The maximum Gasteiger partial charge on any atom is 0.269 e. The molecule has 0 bridgehead atoms. The molecule has 0 aromatic carbocycles. The van der Waals surface area contributed by atoms with Crippen molar-refractivity contribution in [2.45, 2.75) is 32.4 Å². The number of halogens is 1. The Morgan fingerprint density at radius 1 is 1.39 bits per heavy atom. The highest BCUT2D eigenvalue weighted by molar-refractivity contribution is 5.92. The zero-order valence-corrected chi connectivity index (χ0v) is 17.4. The van der Waals surface area contributed by atoms with E-state index in [0.29, 0.717) is 19.5 Å². The quantitative estimate of drug-likeness (QED) is 0.586. The van der Waals surface area contributed by atoms with Crippen molar-refractivity contribution < 1.29 is 13.9 Å². The van der Waals surface area contributed by atoms with Crippen molar-refractivity contribution in [1.29, 1.82) is 0 Å². The van der Waals surface area contributed by atoms with E-state index in [0.717, 1.165) is 35.1 Å². The van der Waals surface area contributed by atoms with E-state index in [-0.39, 0.29) is 23.1 Å². The first-order chi connectivity index (χ1) is 15.0. The average Bonchev–Trinajstić information content (AvgIpc) is 3.20. The molecule has 0 saturated carbocycles. The van der Waals surface area contributed by atoms with Gasteiger partial charge in [0.25, 0.3) is 17.4 Å². The lowest BCUT2D eigenvalue weighted by molar-refractivity contribution is 0.0956. The number of H-pyrrole nitrogens is 1. The van der Waals surface area contributed by atoms with E-state index in [1.165, 1.54) is 19.2 Å². The maximum absolute atomic E-state index is 14.2. The van der Waals surface area contributed by atoms with Crippen molar-refractivity contribution in [3.63, 3.8) is 0 Å². The highest BCUT2D eigenvalue weighted by atomic mass is 19.1. The van der Waals surface area contributed by atoms with Gasteiger partial charge in [-0.2, -0.15) is 4.39 Å². The maximum atomic E-state index is 14.2. The molecule has 0 spiro atoms. The van der Waals surface area contributed by atoms with Gasteiger partial charge < -0.3 is 15.0 Å². The molecule has 3 aromatic heterocycles. The molecule has 1 aliphatic rings. The number of carbonyl (C=O) groups excluding carboxylic acids is 1. The Kier molecular flexibility index (Phi) is 5.94. The van der Waals surface area contributed by atoms with Crippen LogP contribution in [0.5, 0.6) is 5.75 Å². The van der Waals surface area contributed by atoms with Gasteiger partial charge >= 0.3 is 0 Å². The molecular formula is C22H24FN5O3. The van der Waals surface area contributed by atoms with Crippen LogP contribution in [-0.2, 0) is 13.0 Å². The number of amides is 1. The molecule has 0 unspecified atom stereocenters. The minimum absolute atomic E-state index is 0.00769. The standard InChI is InChI=1S/C22H24FN5O3/c1-3-14-9-17-18(27-21(14)29)8-13(10-25-17)11-28-7-6-15(12-28)31-19-5-4-16(22(30)24-2)26-20(19)23/h4-5,8-10,15H,3,6-7,11-12H2,1-2H3,(H,24,30)(H,27,29)/t15-/m1/s1. The van der Waals surface area contributed by atoms with Crippen molar-refractivity contribution in [3.8, 4) is 5.75 Å². The second kappa shape index (κ2) is 8.81. The Bertz CT molecular complexity index is 1180. The molecule has 0 aliphatic carbocycles. The SMILES string of the molecule is CCc1cc2ncc(CN3CC[C@@H](Oc4ccc(C(=O)NC)nc4F)C3)cc2[nH]c1=O. The van der Waals surface area contributed by atoms with Crippen LogP contribution in [0.4, 0.5) is 4.39 Å². The number of hydrogen-bond donors (Lipinski definition) is 2. The van der Waals surface area contributed by atoms with Gasteiger partial charge in [0, 0.05) is 38.4 Å². The Balaban J connectivity index is 1.40. The molecule has 1 fully saturated rings. The van der Waals surface area contributed by atoms with Gasteiger partial charge in [0.1, 0.15) is 11.8 Å². The molecule has 8 nitrogen and oxygen atoms in total. The van der Waals surface area contributed by atoms with Crippen LogP contribution in [0.2, 0.25) is 0 Å². The number of hydrogen-bond acceptors (Lipinski definition) is 6. The number of aryl methyl sites for hydroxylation is 1. The molecule has 3 aromatic rings.